The molecule has 0 radical (unpaired) electrons. The van der Waals surface area contributed by atoms with Crippen molar-refractivity contribution in [3.05, 3.63) is 149 Å². The van der Waals surface area contributed by atoms with E-state index >= 15 is 8.78 Å². The fraction of sp³-hybridized carbons (Fsp3) is 0.200. The van der Waals surface area contributed by atoms with Gasteiger partial charge in [0, 0.05) is 58.7 Å². The maximum Gasteiger partial charge on any atom is 0.268 e. The number of hydrogen-bond donors (Lipinski definition) is 1. The predicted octanol–water partition coefficient (Wildman–Crippen LogP) is 9.92. The van der Waals surface area contributed by atoms with Gasteiger partial charge in [0.25, 0.3) is 10.0 Å². The van der Waals surface area contributed by atoms with E-state index in [1.165, 1.54) is 36.5 Å². The van der Waals surface area contributed by atoms with Crippen molar-refractivity contribution in [2.24, 2.45) is 0 Å². The van der Waals surface area contributed by atoms with E-state index in [1.807, 2.05) is 44.3 Å². The summed E-state index contributed by atoms with van der Waals surface area (Å²) in [6.45, 7) is 3.82. The lowest BCUT2D eigenvalue weighted by Crippen LogP contribution is -2.30. The van der Waals surface area contributed by atoms with Crippen LogP contribution in [0.4, 0.5) is 8.78 Å². The molecule has 3 aromatic heterocycles. The van der Waals surface area contributed by atoms with Crippen LogP contribution in [0.3, 0.4) is 0 Å². The molecule has 2 unspecified atom stereocenters. The van der Waals surface area contributed by atoms with Gasteiger partial charge in [-0.15, -0.1) is 0 Å². The smallest absolute Gasteiger partial charge is 0.268 e. The lowest BCUT2D eigenvalue weighted by Gasteiger charge is -2.25. The van der Waals surface area contributed by atoms with Gasteiger partial charge >= 0.3 is 0 Å². The minimum Gasteiger partial charge on any atom is -0.454 e. The van der Waals surface area contributed by atoms with Gasteiger partial charge in [0.15, 0.2) is 11.6 Å². The van der Waals surface area contributed by atoms with E-state index in [1.54, 1.807) is 51.9 Å². The first-order chi connectivity index (χ1) is 26.9. The van der Waals surface area contributed by atoms with Crippen LogP contribution >= 0.6 is 44.3 Å². The zero-order valence-electron chi connectivity index (χ0n) is 30.1. The maximum atomic E-state index is 16.4. The zero-order chi connectivity index (χ0) is 39.6. The van der Waals surface area contributed by atoms with Crippen molar-refractivity contribution in [2.45, 2.75) is 43.2 Å². The number of fused-ring (bicyclic) bond motifs is 1. The molecule has 0 spiro atoms. The Morgan fingerprint density at radius 3 is 2.52 bits per heavy atom. The first-order valence-electron chi connectivity index (χ1n) is 17.4. The second-order valence-corrected chi connectivity index (χ2v) is 18.4. The average Bonchev–Trinajstić information content (AvgIpc) is 3.96. The molecule has 4 aromatic carbocycles. The van der Waals surface area contributed by atoms with E-state index in [4.69, 9.17) is 14.6 Å². The van der Waals surface area contributed by atoms with Crippen LogP contribution in [-0.2, 0) is 21.2 Å². The minimum absolute atomic E-state index is 0.0623. The average molecular weight is 975 g/mol. The van der Waals surface area contributed by atoms with E-state index in [2.05, 4.69) is 43.1 Å². The predicted molar refractivity (Wildman–Crippen MR) is 225 cm³/mol. The fourth-order valence-corrected chi connectivity index (χ4v) is 9.26. The number of nitrogens with zero attached hydrogens (tertiary/aromatic N) is 5. The highest BCUT2D eigenvalue weighted by molar-refractivity contribution is 14.2. The molecule has 56 heavy (non-hydrogen) atoms. The summed E-state index contributed by atoms with van der Waals surface area (Å²) in [7, 11) is -4.06. The van der Waals surface area contributed by atoms with Crippen LogP contribution in [0.15, 0.2) is 125 Å². The van der Waals surface area contributed by atoms with Crippen LogP contribution in [0.25, 0.3) is 22.2 Å². The van der Waals surface area contributed by atoms with Crippen molar-refractivity contribution >= 4 is 65.3 Å². The van der Waals surface area contributed by atoms with E-state index in [9.17, 15) is 13.5 Å². The van der Waals surface area contributed by atoms with Gasteiger partial charge < -0.3 is 14.6 Å². The lowest BCUT2D eigenvalue weighted by molar-refractivity contribution is -0.0564. The number of rotatable bonds is 15. The molecule has 0 fully saturated rings. The molecular formula is C40H36BrF2IN5O5PS. The molecule has 2 atom stereocenters. The molecule has 0 amide bonds. The number of hydrogen-bond acceptors (Lipinski definition) is 7. The van der Waals surface area contributed by atoms with E-state index in [0.717, 1.165) is 25.6 Å². The lowest BCUT2D eigenvalue weighted by atomic mass is 10.0. The molecule has 0 aliphatic carbocycles. The minimum atomic E-state index is -4.06. The number of halogens is 4. The van der Waals surface area contributed by atoms with Crippen molar-refractivity contribution in [1.82, 2.24) is 23.3 Å². The van der Waals surface area contributed by atoms with Crippen LogP contribution in [0.5, 0.6) is 11.5 Å². The van der Waals surface area contributed by atoms with Gasteiger partial charge in [-0.25, -0.2) is 25.6 Å². The van der Waals surface area contributed by atoms with Crippen molar-refractivity contribution in [1.29, 1.82) is 0 Å². The summed E-state index contributed by atoms with van der Waals surface area (Å²) < 4.78 is 77.1. The second-order valence-electron chi connectivity index (χ2n) is 13.6. The summed E-state index contributed by atoms with van der Waals surface area (Å²) in [4.78, 5) is 0.0623. The molecule has 0 aliphatic heterocycles. The van der Waals surface area contributed by atoms with Crippen LogP contribution in [0.1, 0.15) is 43.0 Å². The maximum absolute atomic E-state index is 16.4. The SMILES string of the molecule is CC(C)(CO)OCCC(c1cccc(Br)c1)n1ccc(-c2cc(Oc3c(F)cc4c(ccn4S(=O)(=O)c4ccccc4)c3Cc3cnn(PI)c3)ccc2F)n1. The highest BCUT2D eigenvalue weighted by Gasteiger charge is 2.26. The molecule has 0 aliphatic rings. The van der Waals surface area contributed by atoms with Crippen LogP contribution in [-0.4, -0.2) is 55.6 Å². The number of benzene rings is 4. The molecule has 1 N–H and O–H groups in total. The molecule has 16 heteroatoms. The number of aliphatic hydroxyl groups is 1. The molecule has 7 aromatic rings. The summed E-state index contributed by atoms with van der Waals surface area (Å²) in [6.07, 6.45) is 7.73. The van der Waals surface area contributed by atoms with Gasteiger partial charge in [-0.1, -0.05) is 46.3 Å². The van der Waals surface area contributed by atoms with Gasteiger partial charge in [-0.3, -0.25) is 4.68 Å². The molecule has 7 rings (SSSR count). The summed E-state index contributed by atoms with van der Waals surface area (Å²) in [5.74, 6) is -1.32. The normalized spacial score (nSPS) is 12.9. The van der Waals surface area contributed by atoms with Gasteiger partial charge in [-0.2, -0.15) is 10.2 Å². The van der Waals surface area contributed by atoms with Crippen LogP contribution in [0.2, 0.25) is 0 Å². The highest BCUT2D eigenvalue weighted by atomic mass is 127. The Kier molecular flexibility index (Phi) is 12.1. The largest absolute Gasteiger partial charge is 0.454 e. The molecule has 0 bridgehead atoms. The van der Waals surface area contributed by atoms with Crippen molar-refractivity contribution in [2.75, 3.05) is 13.2 Å². The summed E-state index contributed by atoms with van der Waals surface area (Å²) >= 11 is 5.76. The Bertz CT molecular complexity index is 2620. The molecular weight excluding hydrogens is 938 g/mol. The Morgan fingerprint density at radius 1 is 0.982 bits per heavy atom. The molecule has 0 saturated carbocycles. The van der Waals surface area contributed by atoms with Crippen LogP contribution in [0, 0.1) is 11.6 Å². The first-order valence-corrected chi connectivity index (χ1v) is 23.7. The van der Waals surface area contributed by atoms with Gasteiger partial charge in [0.1, 0.15) is 11.6 Å². The summed E-state index contributed by atoms with van der Waals surface area (Å²) in [6, 6.07) is 24.1. The Labute approximate surface area is 346 Å². The van der Waals surface area contributed by atoms with E-state index < -0.39 is 27.3 Å². The van der Waals surface area contributed by atoms with E-state index in [0.29, 0.717) is 36.0 Å². The number of aromatic nitrogens is 5. The third kappa shape index (κ3) is 8.63. The van der Waals surface area contributed by atoms with Gasteiger partial charge in [-0.05, 0) is 108 Å². The second kappa shape index (κ2) is 16.9. The Balaban J connectivity index is 1.25. The summed E-state index contributed by atoms with van der Waals surface area (Å²) in [5.41, 5.74) is 2.01. The van der Waals surface area contributed by atoms with E-state index in [-0.39, 0.29) is 46.5 Å². The third-order valence-corrected chi connectivity index (χ3v) is 13.3. The van der Waals surface area contributed by atoms with Crippen molar-refractivity contribution < 1.29 is 31.8 Å². The van der Waals surface area contributed by atoms with Crippen LogP contribution < -0.4 is 4.74 Å². The molecule has 0 saturated heterocycles. The molecule has 10 nitrogen and oxygen atoms in total. The monoisotopic (exact) mass is 973 g/mol. The Hall–Kier alpha value is -3.99. The Morgan fingerprint density at radius 2 is 1.79 bits per heavy atom. The van der Waals surface area contributed by atoms with Gasteiger partial charge in [0.05, 0.1) is 46.9 Å². The highest BCUT2D eigenvalue weighted by Crippen LogP contribution is 2.39. The third-order valence-electron chi connectivity index (χ3n) is 9.23. The van der Waals surface area contributed by atoms with Crippen molar-refractivity contribution in [3.8, 4) is 22.8 Å². The van der Waals surface area contributed by atoms with Crippen molar-refractivity contribution in [3.63, 3.8) is 0 Å². The first kappa shape index (κ1) is 40.2. The number of aliphatic hydroxyl groups excluding tert-OH is 1. The quantitative estimate of drug-likeness (QED) is 0.0804. The zero-order valence-corrected chi connectivity index (χ0v) is 35.7. The summed E-state index contributed by atoms with van der Waals surface area (Å²) in [5, 5.41) is 19.3. The van der Waals surface area contributed by atoms with Gasteiger partial charge in [0.2, 0.25) is 0 Å². The fourth-order valence-electron chi connectivity index (χ4n) is 6.37. The number of ether oxygens (including phenoxy) is 2. The topological polar surface area (TPSA) is 113 Å². The molecule has 3 heterocycles. The molecule has 290 valence electrons. The standard InChI is InChI=1S/C40H36BrF2IN5O5PS/c1-40(2,25-50)53-18-15-37(27-7-6-8-28(41)20-27)47-16-14-36(46-47)33-21-29(11-12-34(33)42)54-39-32(19-26-23-45-49(24-26)55-44)31-13-17-48(38(31)22-35(39)43)56(51,52)30-9-4-3-5-10-30/h3-14,16-17,20-24,37,50,55H,15,18-19,25H2,1-2H3.